The first-order valence-electron chi connectivity index (χ1n) is 7.67. The zero-order chi connectivity index (χ0) is 16.3. The van der Waals surface area contributed by atoms with Crippen molar-refractivity contribution in [1.82, 2.24) is 15.0 Å². The van der Waals surface area contributed by atoms with E-state index in [1.54, 1.807) is 10.7 Å². The van der Waals surface area contributed by atoms with Gasteiger partial charge in [0.15, 0.2) is 0 Å². The van der Waals surface area contributed by atoms with Crippen LogP contribution in [-0.2, 0) is 24.1 Å². The van der Waals surface area contributed by atoms with Crippen molar-refractivity contribution in [3.63, 3.8) is 0 Å². The summed E-state index contributed by atoms with van der Waals surface area (Å²) in [5, 5.41) is 20.1. The van der Waals surface area contributed by atoms with E-state index in [1.165, 1.54) is 0 Å². The third kappa shape index (κ3) is 4.67. The van der Waals surface area contributed by atoms with Crippen LogP contribution in [0.3, 0.4) is 0 Å². The van der Waals surface area contributed by atoms with Crippen LogP contribution in [-0.4, -0.2) is 38.9 Å². The molecule has 0 saturated carbocycles. The molecule has 3 rings (SSSR count). The van der Waals surface area contributed by atoms with E-state index in [-0.39, 0.29) is 0 Å². The summed E-state index contributed by atoms with van der Waals surface area (Å²) < 4.78 is 7.08. The molecule has 1 aromatic carbocycles. The van der Waals surface area contributed by atoms with Gasteiger partial charge < -0.3 is 9.84 Å². The highest BCUT2D eigenvalue weighted by molar-refractivity contribution is 6.34. The molecule has 0 unspecified atom stereocenters. The second kappa shape index (κ2) is 7.18. The quantitative estimate of drug-likeness (QED) is 0.895. The van der Waals surface area contributed by atoms with Crippen molar-refractivity contribution < 1.29 is 9.84 Å². The highest BCUT2D eigenvalue weighted by Crippen LogP contribution is 2.24. The third-order valence-electron chi connectivity index (χ3n) is 4.07. The fourth-order valence-electron chi connectivity index (χ4n) is 2.79. The molecule has 1 aromatic heterocycles. The minimum absolute atomic E-state index is 0.513. The Morgan fingerprint density at radius 3 is 2.57 bits per heavy atom. The molecule has 2 heterocycles. The molecule has 0 spiro atoms. The molecule has 124 valence electrons. The number of ether oxygens (including phenoxy) is 1. The molecule has 0 bridgehead atoms. The molecule has 0 radical (unpaired) electrons. The molecule has 1 N–H and O–H groups in total. The van der Waals surface area contributed by atoms with Gasteiger partial charge in [0.05, 0.1) is 11.3 Å². The van der Waals surface area contributed by atoms with Gasteiger partial charge in [0.2, 0.25) is 0 Å². The van der Waals surface area contributed by atoms with E-state index in [2.05, 4.69) is 10.3 Å². The number of aromatic nitrogens is 3. The van der Waals surface area contributed by atoms with Gasteiger partial charge in [-0.15, -0.1) is 5.10 Å². The van der Waals surface area contributed by atoms with Crippen LogP contribution in [0.4, 0.5) is 0 Å². The number of hydrogen-bond donors (Lipinski definition) is 1. The van der Waals surface area contributed by atoms with Crippen LogP contribution < -0.4 is 0 Å². The van der Waals surface area contributed by atoms with E-state index in [0.29, 0.717) is 49.1 Å². The van der Waals surface area contributed by atoms with Crippen LogP contribution >= 0.6 is 23.2 Å². The predicted molar refractivity (Wildman–Crippen MR) is 88.9 cm³/mol. The van der Waals surface area contributed by atoms with Gasteiger partial charge in [-0.05, 0) is 43.0 Å². The predicted octanol–water partition coefficient (Wildman–Crippen LogP) is 2.91. The van der Waals surface area contributed by atoms with Crippen LogP contribution in [0.25, 0.3) is 0 Å². The third-order valence-corrected chi connectivity index (χ3v) is 4.51. The maximum Gasteiger partial charge on any atom is 0.0855 e. The zero-order valence-electron chi connectivity index (χ0n) is 12.7. The largest absolute Gasteiger partial charge is 0.389 e. The number of nitrogens with zero attached hydrogens (tertiary/aromatic N) is 3. The molecule has 1 aliphatic heterocycles. The summed E-state index contributed by atoms with van der Waals surface area (Å²) in [4.78, 5) is 0. The molecule has 0 atom stereocenters. The topological polar surface area (TPSA) is 60.2 Å². The first-order valence-corrected chi connectivity index (χ1v) is 8.42. The van der Waals surface area contributed by atoms with E-state index in [4.69, 9.17) is 27.9 Å². The number of hydrogen-bond acceptors (Lipinski definition) is 4. The Bertz CT molecular complexity index is 649. The lowest BCUT2D eigenvalue weighted by Gasteiger charge is -2.31. The highest BCUT2D eigenvalue weighted by atomic mass is 35.5. The van der Waals surface area contributed by atoms with Gasteiger partial charge in [0.25, 0.3) is 0 Å². The molecule has 5 nitrogen and oxygen atoms in total. The van der Waals surface area contributed by atoms with Crippen LogP contribution in [0.5, 0.6) is 0 Å². The molecule has 1 fully saturated rings. The lowest BCUT2D eigenvalue weighted by molar-refractivity contribution is -0.0630. The first kappa shape index (κ1) is 16.7. The average molecular weight is 356 g/mol. The summed E-state index contributed by atoms with van der Waals surface area (Å²) in [6.07, 6.45) is 4.45. The van der Waals surface area contributed by atoms with Crippen LogP contribution in [0, 0.1) is 0 Å². The Labute approximate surface area is 145 Å². The van der Waals surface area contributed by atoms with Crippen molar-refractivity contribution in [1.29, 1.82) is 0 Å². The fourth-order valence-corrected chi connectivity index (χ4v) is 3.36. The Balaban J connectivity index is 1.58. The summed E-state index contributed by atoms with van der Waals surface area (Å²) in [6.45, 7) is 1.88. The van der Waals surface area contributed by atoms with E-state index in [0.717, 1.165) is 17.7 Å². The molecular weight excluding hydrogens is 337 g/mol. The van der Waals surface area contributed by atoms with Gasteiger partial charge in [-0.2, -0.15) is 0 Å². The number of rotatable bonds is 5. The van der Waals surface area contributed by atoms with Crippen molar-refractivity contribution in [2.45, 2.75) is 37.8 Å². The SMILES string of the molecule is OC1(Cc2cn(CCc3cc(Cl)cc(Cl)c3)nn2)CCOCC1. The summed E-state index contributed by atoms with van der Waals surface area (Å²) in [5.41, 5.74) is 1.14. The van der Waals surface area contributed by atoms with E-state index < -0.39 is 5.60 Å². The molecular formula is C16H19Cl2N3O2. The van der Waals surface area contributed by atoms with Gasteiger partial charge in [0, 0.05) is 42.4 Å². The Morgan fingerprint density at radius 2 is 1.87 bits per heavy atom. The standard InChI is InChI=1S/C16H19Cl2N3O2/c17-13-7-12(8-14(18)9-13)1-4-21-11-15(19-20-21)10-16(22)2-5-23-6-3-16/h7-9,11,22H,1-6,10H2. The summed E-state index contributed by atoms with van der Waals surface area (Å²) in [5.74, 6) is 0. The molecule has 1 aliphatic rings. The summed E-state index contributed by atoms with van der Waals surface area (Å²) in [7, 11) is 0. The van der Waals surface area contributed by atoms with Crippen LogP contribution in [0.2, 0.25) is 10.0 Å². The van der Waals surface area contributed by atoms with Crippen molar-refractivity contribution in [2.24, 2.45) is 0 Å². The van der Waals surface area contributed by atoms with Crippen molar-refractivity contribution in [3.8, 4) is 0 Å². The molecule has 2 aromatic rings. The van der Waals surface area contributed by atoms with Gasteiger partial charge >= 0.3 is 0 Å². The Kier molecular flexibility index (Phi) is 5.21. The number of halogens is 2. The maximum absolute atomic E-state index is 10.5. The first-order chi connectivity index (χ1) is 11.0. The molecule has 7 heteroatoms. The van der Waals surface area contributed by atoms with Gasteiger partial charge in [-0.1, -0.05) is 28.4 Å². The number of aryl methyl sites for hydroxylation is 2. The molecule has 1 saturated heterocycles. The van der Waals surface area contributed by atoms with Gasteiger partial charge in [-0.25, -0.2) is 0 Å². The minimum atomic E-state index is -0.723. The number of benzene rings is 1. The van der Waals surface area contributed by atoms with E-state index in [1.807, 2.05) is 18.3 Å². The zero-order valence-corrected chi connectivity index (χ0v) is 14.2. The smallest absolute Gasteiger partial charge is 0.0855 e. The van der Waals surface area contributed by atoms with Crippen LogP contribution in [0.15, 0.2) is 24.4 Å². The van der Waals surface area contributed by atoms with Crippen molar-refractivity contribution in [3.05, 3.63) is 45.7 Å². The van der Waals surface area contributed by atoms with Crippen molar-refractivity contribution in [2.75, 3.05) is 13.2 Å². The van der Waals surface area contributed by atoms with Crippen molar-refractivity contribution >= 4 is 23.2 Å². The second-order valence-electron chi connectivity index (χ2n) is 6.01. The average Bonchev–Trinajstić information content (AvgIpc) is 2.92. The Morgan fingerprint density at radius 1 is 1.17 bits per heavy atom. The van der Waals surface area contributed by atoms with Gasteiger partial charge in [-0.3, -0.25) is 4.68 Å². The summed E-state index contributed by atoms with van der Waals surface area (Å²) >= 11 is 12.0. The maximum atomic E-state index is 10.5. The molecule has 0 aliphatic carbocycles. The van der Waals surface area contributed by atoms with Crippen LogP contribution in [0.1, 0.15) is 24.1 Å². The van der Waals surface area contributed by atoms with Gasteiger partial charge in [0.1, 0.15) is 0 Å². The highest BCUT2D eigenvalue weighted by Gasteiger charge is 2.30. The lowest BCUT2D eigenvalue weighted by atomic mass is 9.90. The lowest BCUT2D eigenvalue weighted by Crippen LogP contribution is -2.38. The monoisotopic (exact) mass is 355 g/mol. The van der Waals surface area contributed by atoms with E-state index >= 15 is 0 Å². The minimum Gasteiger partial charge on any atom is -0.389 e. The fraction of sp³-hybridized carbons (Fsp3) is 0.500. The summed E-state index contributed by atoms with van der Waals surface area (Å²) in [6, 6.07) is 5.51. The number of aliphatic hydroxyl groups is 1. The normalized spacial score (nSPS) is 17.3. The molecule has 0 amide bonds. The molecule has 23 heavy (non-hydrogen) atoms. The van der Waals surface area contributed by atoms with E-state index in [9.17, 15) is 5.11 Å². The second-order valence-corrected chi connectivity index (χ2v) is 6.89. The Hall–Kier alpha value is -1.14.